The summed E-state index contributed by atoms with van der Waals surface area (Å²) in [5.41, 5.74) is 5.39. The van der Waals surface area contributed by atoms with Gasteiger partial charge in [0.25, 0.3) is 0 Å². The van der Waals surface area contributed by atoms with Crippen molar-refractivity contribution in [2.75, 3.05) is 11.9 Å². The lowest BCUT2D eigenvalue weighted by Crippen LogP contribution is -2.23. The van der Waals surface area contributed by atoms with E-state index in [4.69, 9.17) is 10.8 Å². The Morgan fingerprint density at radius 3 is 2.79 bits per heavy atom. The Morgan fingerprint density at radius 1 is 1.64 bits per heavy atom. The number of aromatic amines is 1. The average Bonchev–Trinajstić information content (AvgIpc) is 2.46. The first-order chi connectivity index (χ1) is 6.56. The summed E-state index contributed by atoms with van der Waals surface area (Å²) in [6.07, 6.45) is 0. The Kier molecular flexibility index (Phi) is 2.82. The van der Waals surface area contributed by atoms with Crippen LogP contribution in [0, 0.1) is 6.92 Å². The third-order valence-electron chi connectivity index (χ3n) is 1.60. The van der Waals surface area contributed by atoms with Crippen molar-refractivity contribution in [3.8, 4) is 0 Å². The summed E-state index contributed by atoms with van der Waals surface area (Å²) in [6.45, 7) is 1.33. The third kappa shape index (κ3) is 1.88. The number of carboxylic acid groups (broad SMARTS) is 1. The van der Waals surface area contributed by atoms with E-state index in [1.165, 1.54) is 0 Å². The second kappa shape index (κ2) is 3.88. The van der Waals surface area contributed by atoms with E-state index in [0.717, 1.165) is 0 Å². The normalized spacial score (nSPS) is 9.86. The second-order valence-corrected chi connectivity index (χ2v) is 2.63. The molecule has 0 aliphatic heterocycles. The molecule has 1 amide bonds. The van der Waals surface area contributed by atoms with Gasteiger partial charge in [-0.2, -0.15) is 5.10 Å². The molecule has 0 saturated heterocycles. The first-order valence-electron chi connectivity index (χ1n) is 3.84. The number of carbonyl (C=O) groups is 2. The summed E-state index contributed by atoms with van der Waals surface area (Å²) in [5.74, 6) is -1.65. The van der Waals surface area contributed by atoms with Gasteiger partial charge in [0.1, 0.15) is 5.56 Å². The fourth-order valence-electron chi connectivity index (χ4n) is 0.964. The van der Waals surface area contributed by atoms with Crippen LogP contribution in [0.1, 0.15) is 16.1 Å². The largest absolute Gasteiger partial charge is 0.477 e. The lowest BCUT2D eigenvalue weighted by molar-refractivity contribution is -0.114. The van der Waals surface area contributed by atoms with Gasteiger partial charge in [0, 0.05) is 5.69 Å². The minimum absolute atomic E-state index is 0.00884. The predicted molar refractivity (Wildman–Crippen MR) is 48.0 cm³/mol. The molecule has 1 rings (SSSR count). The van der Waals surface area contributed by atoms with Gasteiger partial charge < -0.3 is 16.2 Å². The molecule has 7 nitrogen and oxygen atoms in total. The van der Waals surface area contributed by atoms with Gasteiger partial charge in [-0.3, -0.25) is 9.89 Å². The SMILES string of the molecule is Cc1[nH]nc(NC(=O)CN)c1C(=O)O. The maximum absolute atomic E-state index is 10.9. The molecule has 5 N–H and O–H groups in total. The molecule has 0 radical (unpaired) electrons. The zero-order chi connectivity index (χ0) is 10.7. The van der Waals surface area contributed by atoms with Crippen molar-refractivity contribution >= 4 is 17.7 Å². The number of amides is 1. The summed E-state index contributed by atoms with van der Waals surface area (Å²) < 4.78 is 0. The van der Waals surface area contributed by atoms with E-state index in [0.29, 0.717) is 5.69 Å². The highest BCUT2D eigenvalue weighted by Gasteiger charge is 2.18. The van der Waals surface area contributed by atoms with Crippen LogP contribution in [-0.4, -0.2) is 33.7 Å². The molecule has 0 spiro atoms. The van der Waals surface area contributed by atoms with Crippen molar-refractivity contribution in [1.82, 2.24) is 10.2 Å². The fourth-order valence-corrected chi connectivity index (χ4v) is 0.964. The van der Waals surface area contributed by atoms with Crippen molar-refractivity contribution in [1.29, 1.82) is 0 Å². The lowest BCUT2D eigenvalue weighted by Gasteiger charge is -1.99. The van der Waals surface area contributed by atoms with Crippen molar-refractivity contribution < 1.29 is 14.7 Å². The number of aromatic nitrogens is 2. The van der Waals surface area contributed by atoms with Gasteiger partial charge in [-0.25, -0.2) is 4.79 Å². The first kappa shape index (κ1) is 10.2. The third-order valence-corrected chi connectivity index (χ3v) is 1.60. The highest BCUT2D eigenvalue weighted by molar-refractivity contribution is 6.00. The summed E-state index contributed by atoms with van der Waals surface area (Å²) in [5, 5.41) is 17.1. The van der Waals surface area contributed by atoms with Gasteiger partial charge in [-0.15, -0.1) is 0 Å². The van der Waals surface area contributed by atoms with E-state index < -0.39 is 11.9 Å². The standard InChI is InChI=1S/C7H10N4O3/c1-3-5(7(13)14)6(11-10-3)9-4(12)2-8/h2,8H2,1H3,(H,13,14)(H2,9,10,11,12). The fraction of sp³-hybridized carbons (Fsp3) is 0.286. The zero-order valence-electron chi connectivity index (χ0n) is 7.50. The average molecular weight is 198 g/mol. The van der Waals surface area contributed by atoms with Crippen LogP contribution in [0.4, 0.5) is 5.82 Å². The van der Waals surface area contributed by atoms with Crippen LogP contribution in [0.5, 0.6) is 0 Å². The molecule has 14 heavy (non-hydrogen) atoms. The topological polar surface area (TPSA) is 121 Å². The quantitative estimate of drug-likeness (QED) is 0.512. The van der Waals surface area contributed by atoms with E-state index in [1.807, 2.05) is 0 Å². The molecule has 0 fully saturated rings. The Labute approximate surface area is 79.3 Å². The molecular weight excluding hydrogens is 188 g/mol. The van der Waals surface area contributed by atoms with Gasteiger partial charge in [-0.05, 0) is 6.92 Å². The minimum Gasteiger partial charge on any atom is -0.477 e. The van der Waals surface area contributed by atoms with Gasteiger partial charge in [0.05, 0.1) is 6.54 Å². The number of hydrogen-bond donors (Lipinski definition) is 4. The Bertz CT molecular complexity index is 371. The van der Waals surface area contributed by atoms with Crippen LogP contribution >= 0.6 is 0 Å². The number of hydrogen-bond acceptors (Lipinski definition) is 4. The number of H-pyrrole nitrogens is 1. The second-order valence-electron chi connectivity index (χ2n) is 2.63. The number of nitrogens with zero attached hydrogens (tertiary/aromatic N) is 1. The van der Waals surface area contributed by atoms with Crippen molar-refractivity contribution in [2.24, 2.45) is 5.73 Å². The molecule has 0 saturated carbocycles. The van der Waals surface area contributed by atoms with E-state index in [2.05, 4.69) is 15.5 Å². The molecule has 7 heteroatoms. The number of aromatic carboxylic acids is 1. The van der Waals surface area contributed by atoms with Crippen LogP contribution < -0.4 is 11.1 Å². The summed E-state index contributed by atoms with van der Waals surface area (Å²) >= 11 is 0. The van der Waals surface area contributed by atoms with Gasteiger partial charge >= 0.3 is 5.97 Å². The summed E-state index contributed by atoms with van der Waals surface area (Å²) in [4.78, 5) is 21.6. The Hall–Kier alpha value is -1.89. The van der Waals surface area contributed by atoms with Gasteiger partial charge in [0.15, 0.2) is 5.82 Å². The number of aryl methyl sites for hydroxylation is 1. The van der Waals surface area contributed by atoms with E-state index >= 15 is 0 Å². The van der Waals surface area contributed by atoms with Crippen molar-refractivity contribution in [3.05, 3.63) is 11.3 Å². The van der Waals surface area contributed by atoms with Crippen LogP contribution in [-0.2, 0) is 4.79 Å². The van der Waals surface area contributed by atoms with Crippen LogP contribution in [0.2, 0.25) is 0 Å². The van der Waals surface area contributed by atoms with E-state index in [1.54, 1.807) is 6.92 Å². The highest BCUT2D eigenvalue weighted by Crippen LogP contribution is 2.15. The minimum atomic E-state index is -1.15. The molecule has 0 bridgehead atoms. The van der Waals surface area contributed by atoms with E-state index in [9.17, 15) is 9.59 Å². The predicted octanol–water partition coefficient (Wildman–Crippen LogP) is -0.686. The van der Waals surface area contributed by atoms with Crippen molar-refractivity contribution in [2.45, 2.75) is 6.92 Å². The molecule has 0 aliphatic carbocycles. The number of rotatable bonds is 3. The Balaban J connectivity index is 2.98. The summed E-state index contributed by atoms with van der Waals surface area (Å²) in [7, 11) is 0. The monoisotopic (exact) mass is 198 g/mol. The number of nitrogens with one attached hydrogen (secondary N) is 2. The highest BCUT2D eigenvalue weighted by atomic mass is 16.4. The zero-order valence-corrected chi connectivity index (χ0v) is 7.50. The molecule has 76 valence electrons. The Morgan fingerprint density at radius 2 is 2.29 bits per heavy atom. The molecular formula is C7H10N4O3. The van der Waals surface area contributed by atoms with Gasteiger partial charge in [-0.1, -0.05) is 0 Å². The van der Waals surface area contributed by atoms with Crippen LogP contribution in [0.3, 0.4) is 0 Å². The molecule has 0 aliphatic rings. The number of nitrogens with two attached hydrogens (primary N) is 1. The molecule has 1 aromatic heterocycles. The molecule has 0 atom stereocenters. The van der Waals surface area contributed by atoms with E-state index in [-0.39, 0.29) is 17.9 Å². The van der Waals surface area contributed by atoms with Gasteiger partial charge in [0.2, 0.25) is 5.91 Å². The lowest BCUT2D eigenvalue weighted by atomic mass is 10.2. The number of carboxylic acids is 1. The molecule has 0 unspecified atom stereocenters. The molecule has 1 aromatic rings. The van der Waals surface area contributed by atoms with Crippen LogP contribution in [0.15, 0.2) is 0 Å². The maximum Gasteiger partial charge on any atom is 0.341 e. The van der Waals surface area contributed by atoms with Crippen molar-refractivity contribution in [3.63, 3.8) is 0 Å². The first-order valence-corrected chi connectivity index (χ1v) is 3.84. The number of anilines is 1. The maximum atomic E-state index is 10.9. The molecule has 1 heterocycles. The smallest absolute Gasteiger partial charge is 0.341 e. The number of carbonyl (C=O) groups excluding carboxylic acids is 1. The molecule has 0 aromatic carbocycles. The summed E-state index contributed by atoms with van der Waals surface area (Å²) in [6, 6.07) is 0. The van der Waals surface area contributed by atoms with Crippen LogP contribution in [0.25, 0.3) is 0 Å².